The molecule has 0 saturated heterocycles. The first-order valence-corrected chi connectivity index (χ1v) is 8.58. The second-order valence-corrected chi connectivity index (χ2v) is 6.50. The highest BCUT2D eigenvalue weighted by molar-refractivity contribution is 5.79. The summed E-state index contributed by atoms with van der Waals surface area (Å²) in [6.07, 6.45) is 1.18. The van der Waals surface area contributed by atoms with E-state index in [1.807, 2.05) is 6.92 Å². The van der Waals surface area contributed by atoms with Gasteiger partial charge >= 0.3 is 5.97 Å². The largest absolute Gasteiger partial charge is 0.480 e. The second kappa shape index (κ2) is 9.81. The van der Waals surface area contributed by atoms with Gasteiger partial charge in [-0.2, -0.15) is 4.98 Å². The van der Waals surface area contributed by atoms with Crippen LogP contribution in [0, 0.1) is 0 Å². The molecular formula is C16H29N3O6. The average molecular weight is 359 g/mol. The molecule has 0 aromatic carbocycles. The van der Waals surface area contributed by atoms with Crippen molar-refractivity contribution in [3.63, 3.8) is 0 Å². The van der Waals surface area contributed by atoms with E-state index in [9.17, 15) is 15.0 Å². The molecule has 0 bridgehead atoms. The highest BCUT2D eigenvalue weighted by atomic mass is 16.5. The fraction of sp³-hybridized carbons (Fsp3) is 0.812. The summed E-state index contributed by atoms with van der Waals surface area (Å²) < 4.78 is 5.13. The number of aliphatic carboxylic acids is 1. The van der Waals surface area contributed by atoms with Crippen LogP contribution in [0.5, 0.6) is 0 Å². The van der Waals surface area contributed by atoms with Gasteiger partial charge in [-0.05, 0) is 12.8 Å². The Morgan fingerprint density at radius 2 is 2.00 bits per heavy atom. The topological polar surface area (TPSA) is 163 Å². The van der Waals surface area contributed by atoms with E-state index < -0.39 is 30.3 Å². The number of rotatable bonds is 12. The Balaban J connectivity index is 2.56. The highest BCUT2D eigenvalue weighted by Gasteiger charge is 2.44. The summed E-state index contributed by atoms with van der Waals surface area (Å²) in [6, 6.07) is 0. The van der Waals surface area contributed by atoms with Crippen LogP contribution < -0.4 is 5.73 Å². The van der Waals surface area contributed by atoms with Crippen LogP contribution in [0.2, 0.25) is 0 Å². The van der Waals surface area contributed by atoms with Crippen LogP contribution >= 0.6 is 0 Å². The van der Waals surface area contributed by atoms with Gasteiger partial charge in [-0.15, -0.1) is 0 Å². The lowest BCUT2D eigenvalue weighted by atomic mass is 9.89. The van der Waals surface area contributed by atoms with E-state index in [4.69, 9.17) is 20.5 Å². The molecule has 9 nitrogen and oxygen atoms in total. The summed E-state index contributed by atoms with van der Waals surface area (Å²) in [7, 11) is 0. The molecule has 9 heteroatoms. The number of carboxylic acids is 1. The SMILES string of the molecule is CCCCCC(C)c1noc(CCC(O)C(O)C(N)(CO)C(=O)O)n1. The van der Waals surface area contributed by atoms with Crippen molar-refractivity contribution in [1.29, 1.82) is 0 Å². The Morgan fingerprint density at radius 1 is 1.32 bits per heavy atom. The van der Waals surface area contributed by atoms with E-state index in [2.05, 4.69) is 17.1 Å². The quantitative estimate of drug-likeness (QED) is 0.327. The minimum Gasteiger partial charge on any atom is -0.480 e. The van der Waals surface area contributed by atoms with E-state index in [0.717, 1.165) is 25.7 Å². The molecule has 1 heterocycles. The molecule has 0 fully saturated rings. The van der Waals surface area contributed by atoms with Crippen molar-refractivity contribution < 1.29 is 29.7 Å². The van der Waals surface area contributed by atoms with Crippen molar-refractivity contribution in [2.75, 3.05) is 6.61 Å². The zero-order valence-electron chi connectivity index (χ0n) is 14.8. The van der Waals surface area contributed by atoms with Gasteiger partial charge in [0.25, 0.3) is 0 Å². The summed E-state index contributed by atoms with van der Waals surface area (Å²) in [4.78, 5) is 15.3. The number of aliphatic hydroxyl groups is 3. The minimum atomic E-state index is -2.33. The molecule has 1 aromatic rings. The molecule has 4 atom stereocenters. The second-order valence-electron chi connectivity index (χ2n) is 6.50. The molecule has 0 aliphatic carbocycles. The number of aryl methyl sites for hydroxylation is 1. The molecule has 0 radical (unpaired) electrons. The standard InChI is InChI=1S/C16H29N3O6/c1-3-4-5-6-10(2)14-18-12(25-19-14)8-7-11(21)13(22)16(17,9-20)15(23)24/h10-11,13,20-22H,3-9,17H2,1-2H3,(H,23,24). The maximum Gasteiger partial charge on any atom is 0.328 e. The summed E-state index contributed by atoms with van der Waals surface area (Å²) >= 11 is 0. The number of hydrogen-bond donors (Lipinski definition) is 5. The normalized spacial score (nSPS) is 17.7. The van der Waals surface area contributed by atoms with Gasteiger partial charge in [-0.25, -0.2) is 0 Å². The zero-order valence-corrected chi connectivity index (χ0v) is 14.8. The number of carbonyl (C=O) groups is 1. The minimum absolute atomic E-state index is 0.0285. The Morgan fingerprint density at radius 3 is 2.56 bits per heavy atom. The maximum absolute atomic E-state index is 11.1. The molecule has 4 unspecified atom stereocenters. The first-order chi connectivity index (χ1) is 11.8. The molecule has 0 aliphatic rings. The first-order valence-electron chi connectivity index (χ1n) is 8.58. The average Bonchev–Trinajstić information content (AvgIpc) is 3.07. The highest BCUT2D eigenvalue weighted by Crippen LogP contribution is 2.20. The molecule has 0 spiro atoms. The maximum atomic E-state index is 11.1. The van der Waals surface area contributed by atoms with Crippen LogP contribution in [0.15, 0.2) is 4.52 Å². The molecule has 0 amide bonds. The van der Waals surface area contributed by atoms with Gasteiger partial charge in [0, 0.05) is 12.3 Å². The number of aliphatic hydroxyl groups excluding tert-OH is 3. The van der Waals surface area contributed by atoms with Gasteiger partial charge in [0.2, 0.25) is 5.89 Å². The van der Waals surface area contributed by atoms with Gasteiger partial charge < -0.3 is 30.7 Å². The fourth-order valence-electron chi connectivity index (χ4n) is 2.46. The molecule has 144 valence electrons. The Labute approximate surface area is 146 Å². The molecule has 25 heavy (non-hydrogen) atoms. The molecule has 1 aromatic heterocycles. The predicted octanol–water partition coefficient (Wildman–Crippen LogP) is 0.182. The summed E-state index contributed by atoms with van der Waals surface area (Å²) in [5.41, 5.74) is 3.12. The zero-order chi connectivity index (χ0) is 19.0. The third kappa shape index (κ3) is 5.74. The lowest BCUT2D eigenvalue weighted by Gasteiger charge is -2.31. The van der Waals surface area contributed by atoms with Crippen molar-refractivity contribution in [1.82, 2.24) is 10.1 Å². The first kappa shape index (κ1) is 21.5. The van der Waals surface area contributed by atoms with Crippen LogP contribution in [-0.2, 0) is 11.2 Å². The predicted molar refractivity (Wildman–Crippen MR) is 88.8 cm³/mol. The van der Waals surface area contributed by atoms with Gasteiger partial charge in [-0.1, -0.05) is 38.3 Å². The molecule has 1 rings (SSSR count). The van der Waals surface area contributed by atoms with E-state index in [1.165, 1.54) is 0 Å². The fourth-order valence-corrected chi connectivity index (χ4v) is 2.46. The van der Waals surface area contributed by atoms with Crippen LogP contribution in [0.1, 0.15) is 63.6 Å². The number of carboxylic acid groups (broad SMARTS) is 1. The lowest BCUT2D eigenvalue weighted by Crippen LogP contribution is -2.63. The lowest BCUT2D eigenvalue weighted by molar-refractivity contribution is -0.155. The van der Waals surface area contributed by atoms with Gasteiger partial charge in [-0.3, -0.25) is 4.79 Å². The number of aromatic nitrogens is 2. The molecule has 0 aliphatic heterocycles. The van der Waals surface area contributed by atoms with E-state index >= 15 is 0 Å². The number of nitrogens with zero attached hydrogens (tertiary/aromatic N) is 2. The monoisotopic (exact) mass is 359 g/mol. The molecule has 0 saturated carbocycles. The van der Waals surface area contributed by atoms with Gasteiger partial charge in [0.15, 0.2) is 11.4 Å². The summed E-state index contributed by atoms with van der Waals surface area (Å²) in [5, 5.41) is 41.9. The van der Waals surface area contributed by atoms with Gasteiger partial charge in [0.05, 0.1) is 12.7 Å². The van der Waals surface area contributed by atoms with Crippen molar-refractivity contribution >= 4 is 5.97 Å². The van der Waals surface area contributed by atoms with Crippen LogP contribution in [-0.4, -0.2) is 60.9 Å². The van der Waals surface area contributed by atoms with Crippen molar-refractivity contribution in [2.45, 2.75) is 76.0 Å². The number of nitrogens with two attached hydrogens (primary N) is 1. The third-order valence-corrected chi connectivity index (χ3v) is 4.37. The van der Waals surface area contributed by atoms with E-state index in [0.29, 0.717) is 11.7 Å². The van der Waals surface area contributed by atoms with Crippen molar-refractivity contribution in [3.8, 4) is 0 Å². The van der Waals surface area contributed by atoms with Crippen LogP contribution in [0.4, 0.5) is 0 Å². The summed E-state index contributed by atoms with van der Waals surface area (Å²) in [5.74, 6) is -0.541. The van der Waals surface area contributed by atoms with E-state index in [1.54, 1.807) is 0 Å². The van der Waals surface area contributed by atoms with Crippen molar-refractivity contribution in [2.24, 2.45) is 5.73 Å². The number of unbranched alkanes of at least 4 members (excludes halogenated alkanes) is 2. The van der Waals surface area contributed by atoms with E-state index in [-0.39, 0.29) is 18.8 Å². The van der Waals surface area contributed by atoms with Crippen molar-refractivity contribution in [3.05, 3.63) is 11.7 Å². The van der Waals surface area contributed by atoms with Crippen LogP contribution in [0.3, 0.4) is 0 Å². The third-order valence-electron chi connectivity index (χ3n) is 4.37. The number of hydrogen-bond acceptors (Lipinski definition) is 8. The smallest absolute Gasteiger partial charge is 0.328 e. The molecular weight excluding hydrogens is 330 g/mol. The Kier molecular flexibility index (Phi) is 8.43. The Hall–Kier alpha value is -1.55. The van der Waals surface area contributed by atoms with Crippen LogP contribution in [0.25, 0.3) is 0 Å². The Bertz CT molecular complexity index is 538. The molecule has 6 N–H and O–H groups in total. The summed E-state index contributed by atoms with van der Waals surface area (Å²) in [6.45, 7) is 3.15. The van der Waals surface area contributed by atoms with Gasteiger partial charge in [0.1, 0.15) is 6.10 Å².